The van der Waals surface area contributed by atoms with Crippen molar-refractivity contribution < 1.29 is 45.3 Å². The van der Waals surface area contributed by atoms with Crippen LogP contribution in [0.2, 0.25) is 0 Å². The summed E-state index contributed by atoms with van der Waals surface area (Å²) in [4.78, 5) is 19.6. The van der Waals surface area contributed by atoms with Crippen LogP contribution < -0.4 is 0 Å². The first-order valence-electron chi connectivity index (χ1n) is 12.7. The first-order valence-corrected chi connectivity index (χ1v) is 14.7. The van der Waals surface area contributed by atoms with E-state index in [0.29, 0.717) is 0 Å². The molecule has 0 aromatic heterocycles. The van der Waals surface area contributed by atoms with Crippen molar-refractivity contribution in [2.75, 3.05) is 0 Å². The van der Waals surface area contributed by atoms with Crippen LogP contribution in [-0.2, 0) is 20.1 Å². The number of hydrogen-bond acceptors (Lipinski definition) is 0. The molecule has 259 valence electrons. The molecule has 0 saturated carbocycles. The topological polar surface area (TPSA) is 26.2 Å². The second-order valence-corrected chi connectivity index (χ2v) is 16.6. The maximum absolute atomic E-state index is 10.7. The van der Waals surface area contributed by atoms with Crippen molar-refractivity contribution >= 4 is 7.81 Å². The van der Waals surface area contributed by atoms with E-state index in [1.54, 1.807) is 0 Å². The molecule has 0 bridgehead atoms. The Balaban J connectivity index is -0.0000000571. The molecule has 14 heteroatoms. The van der Waals surface area contributed by atoms with Gasteiger partial charge in [0.1, 0.15) is 0 Å². The van der Waals surface area contributed by atoms with Crippen LogP contribution in [0.3, 0.4) is 0 Å². The van der Waals surface area contributed by atoms with Crippen LogP contribution in [0, 0.1) is 39.4 Å². The number of hydrogen-bond donors (Lipinski definition) is 0. The van der Waals surface area contributed by atoms with E-state index in [1.165, 1.54) is 0 Å². The van der Waals surface area contributed by atoms with Gasteiger partial charge in [-0.25, -0.2) is 39.4 Å². The van der Waals surface area contributed by atoms with Crippen molar-refractivity contribution in [3.05, 3.63) is 68.5 Å². The molecule has 0 spiro atoms. The second-order valence-electron chi connectivity index (χ2n) is 14.7. The van der Waals surface area contributed by atoms with Crippen molar-refractivity contribution in [3.8, 4) is 0 Å². The zero-order chi connectivity index (χ0) is 37.7. The largest absolute Gasteiger partial charge is 0.311 e. The van der Waals surface area contributed by atoms with Gasteiger partial charge in [0, 0.05) is 145 Å². The SMILES string of the molecule is F[P-](F)(F)(F)(F)F.[C-]#[N+]C(C)(C)C.[C-]#[N+]C(C)(C)C.[C-]#[N+]C(C)(C)C.[C-]#[N+]C(C)(C)C.[C-]#[N+]C(C)(C)C.[C-]#[N+]C(C)(C)C.[Tc]. The maximum atomic E-state index is 9.87. The van der Waals surface area contributed by atoms with Crippen LogP contribution in [0.1, 0.15) is 125 Å². The summed E-state index contributed by atoms with van der Waals surface area (Å²) in [5, 5.41) is 0. The van der Waals surface area contributed by atoms with Crippen LogP contribution in [0.4, 0.5) is 25.2 Å². The van der Waals surface area contributed by atoms with Gasteiger partial charge in [-0.15, -0.1) is 0 Å². The van der Waals surface area contributed by atoms with Gasteiger partial charge in [0.2, 0.25) is 33.2 Å². The van der Waals surface area contributed by atoms with E-state index in [2.05, 4.69) is 29.1 Å². The molecule has 1 radical (unpaired) electrons. The number of rotatable bonds is 0. The maximum Gasteiger partial charge on any atom is 0.224 e. The number of nitrogens with zero attached hydrogens (tertiary/aromatic N) is 6. The Labute approximate surface area is 278 Å². The van der Waals surface area contributed by atoms with Crippen LogP contribution in [-0.4, -0.2) is 33.2 Å². The smallest absolute Gasteiger partial charge is 0.224 e. The molecule has 0 unspecified atom stereocenters. The fraction of sp³-hybridized carbons (Fsp3) is 0.800. The van der Waals surface area contributed by atoms with Gasteiger partial charge >= 0.3 is 33.0 Å². The molecule has 0 aliphatic heterocycles. The molecule has 0 atom stereocenters. The molecular formula is C30H54F6N6PTc-. The van der Waals surface area contributed by atoms with Crippen molar-refractivity contribution in [1.29, 1.82) is 0 Å². The van der Waals surface area contributed by atoms with E-state index in [0.717, 1.165) is 0 Å². The Bertz CT molecular complexity index is 824. The van der Waals surface area contributed by atoms with E-state index in [-0.39, 0.29) is 53.3 Å². The molecule has 44 heavy (non-hydrogen) atoms. The molecule has 6 nitrogen and oxygen atoms in total. The van der Waals surface area contributed by atoms with Gasteiger partial charge in [0.05, 0.1) is 0 Å². The Morgan fingerprint density at radius 2 is 0.318 bits per heavy atom. The fourth-order valence-corrected chi connectivity index (χ4v) is 0. The third-order valence-electron chi connectivity index (χ3n) is 2.01. The van der Waals surface area contributed by atoms with Crippen LogP contribution in [0.5, 0.6) is 0 Å². The van der Waals surface area contributed by atoms with Gasteiger partial charge in [-0.05, 0) is 0 Å². The molecule has 0 aromatic rings. The average molecular weight is 742 g/mol. The number of halogens is 6. The van der Waals surface area contributed by atoms with E-state index < -0.39 is 7.81 Å². The third kappa shape index (κ3) is 242. The molecular weight excluding hydrogens is 687 g/mol. The normalized spacial score (nSPS) is 12.1. The molecule has 0 aromatic carbocycles. The molecule has 0 aliphatic rings. The molecule has 0 amide bonds. The average Bonchev–Trinajstić information content (AvgIpc) is 2.70. The predicted molar refractivity (Wildman–Crippen MR) is 172 cm³/mol. The minimum Gasteiger partial charge on any atom is -0.311 e. The molecule has 0 rings (SSSR count). The van der Waals surface area contributed by atoms with E-state index >= 15 is 0 Å². The Morgan fingerprint density at radius 3 is 0.318 bits per heavy atom. The summed E-state index contributed by atoms with van der Waals surface area (Å²) >= 11 is 0. The van der Waals surface area contributed by atoms with Crippen molar-refractivity contribution in [1.82, 2.24) is 0 Å². The fourth-order valence-electron chi connectivity index (χ4n) is 0. The Morgan fingerprint density at radius 1 is 0.295 bits per heavy atom. The van der Waals surface area contributed by atoms with Gasteiger partial charge in [0.25, 0.3) is 0 Å². The summed E-state index contributed by atoms with van der Waals surface area (Å²) in [5.74, 6) is 0. The van der Waals surface area contributed by atoms with Gasteiger partial charge in [-0.2, -0.15) is 0 Å². The molecule has 0 aliphatic carbocycles. The summed E-state index contributed by atoms with van der Waals surface area (Å²) in [6.07, 6.45) is 0. The van der Waals surface area contributed by atoms with Gasteiger partial charge in [-0.1, -0.05) is 0 Å². The zero-order valence-electron chi connectivity index (χ0n) is 29.8. The summed E-state index contributed by atoms with van der Waals surface area (Å²) in [7, 11) is -10.7. The third-order valence-corrected chi connectivity index (χ3v) is 2.01. The predicted octanol–water partition coefficient (Wildman–Crippen LogP) is 13.6. The second kappa shape index (κ2) is 21.4. The van der Waals surface area contributed by atoms with Gasteiger partial charge < -0.3 is 29.1 Å². The van der Waals surface area contributed by atoms with Crippen LogP contribution in [0.15, 0.2) is 0 Å². The minimum absolute atomic E-state index is 0. The zero-order valence-corrected chi connectivity index (χ0v) is 32.5. The van der Waals surface area contributed by atoms with Gasteiger partial charge in [0.15, 0.2) is 0 Å². The van der Waals surface area contributed by atoms with Crippen molar-refractivity contribution in [2.45, 2.75) is 158 Å². The first-order chi connectivity index (χ1) is 17.8. The van der Waals surface area contributed by atoms with Gasteiger partial charge in [-0.3, -0.25) is 0 Å². The summed E-state index contributed by atoms with van der Waals surface area (Å²) in [6.45, 7) is 72.9. The van der Waals surface area contributed by atoms with Crippen molar-refractivity contribution in [3.63, 3.8) is 0 Å². The minimum atomic E-state index is -10.7. The quantitative estimate of drug-likeness (QED) is 0.134. The summed E-state index contributed by atoms with van der Waals surface area (Å²) in [6, 6.07) is 0. The van der Waals surface area contributed by atoms with E-state index in [1.807, 2.05) is 125 Å². The van der Waals surface area contributed by atoms with E-state index in [9.17, 15) is 25.2 Å². The summed E-state index contributed by atoms with van der Waals surface area (Å²) in [5.41, 5.74) is -1.00. The standard InChI is InChI=1S/6C5H9N.F6P.Tc/c6*1-5(2,3)6-4;1-7(2,3,4,5)6;/h6*1-3H3;;/q;;;;;;-1;. The molecule has 0 heterocycles. The van der Waals surface area contributed by atoms with Crippen molar-refractivity contribution in [2.24, 2.45) is 0 Å². The van der Waals surface area contributed by atoms with Crippen LogP contribution in [0.25, 0.3) is 29.1 Å². The monoisotopic (exact) mass is 740 g/mol. The molecule has 0 N–H and O–H groups in total. The molecule has 0 saturated heterocycles. The van der Waals surface area contributed by atoms with E-state index in [4.69, 9.17) is 39.4 Å². The molecule has 0 fully saturated rings. The van der Waals surface area contributed by atoms with Crippen LogP contribution >= 0.6 is 7.81 Å². The summed E-state index contributed by atoms with van der Waals surface area (Å²) < 4.78 is 59.2. The first kappa shape index (κ1) is 60.7. The Kier molecular flexibility index (Phi) is 29.5. The Hall–Kier alpha value is -2.40.